The Morgan fingerprint density at radius 1 is 1.18 bits per heavy atom. The molecule has 1 aromatic heterocycles. The fraction of sp³-hybridized carbons (Fsp3) is 0.692. The highest BCUT2D eigenvalue weighted by atomic mass is 35.5. The Bertz CT molecular complexity index is 377. The molecule has 0 N–H and O–H groups in total. The molecule has 0 aliphatic heterocycles. The summed E-state index contributed by atoms with van der Waals surface area (Å²) in [5.74, 6) is 1.54. The van der Waals surface area contributed by atoms with Crippen molar-refractivity contribution in [1.29, 1.82) is 0 Å². The molecule has 1 aliphatic carbocycles. The average Bonchev–Trinajstić information content (AvgIpc) is 2.80. The highest BCUT2D eigenvalue weighted by Gasteiger charge is 2.25. The molecule has 2 rings (SSSR count). The maximum atomic E-state index is 6.28. The molecule has 1 saturated carbocycles. The summed E-state index contributed by atoms with van der Waals surface area (Å²) in [7, 11) is 0. The molecule has 4 heteroatoms. The molecule has 17 heavy (non-hydrogen) atoms. The van der Waals surface area contributed by atoms with E-state index in [-0.39, 0.29) is 0 Å². The Kier molecular flexibility index (Phi) is 4.26. The van der Waals surface area contributed by atoms with Gasteiger partial charge in [0.05, 0.1) is 0 Å². The summed E-state index contributed by atoms with van der Waals surface area (Å²) >= 11 is 12.6. The minimum absolute atomic E-state index is 0.308. The van der Waals surface area contributed by atoms with E-state index in [1.165, 1.54) is 12.8 Å². The van der Waals surface area contributed by atoms with Crippen molar-refractivity contribution in [2.24, 2.45) is 0 Å². The second kappa shape index (κ2) is 5.53. The van der Waals surface area contributed by atoms with Gasteiger partial charge in [-0.15, -0.1) is 0 Å². The van der Waals surface area contributed by atoms with Gasteiger partial charge in [0.25, 0.3) is 0 Å². The summed E-state index contributed by atoms with van der Waals surface area (Å²) in [6.07, 6.45) is 5.82. The lowest BCUT2D eigenvalue weighted by Gasteiger charge is -2.15. The third kappa shape index (κ3) is 2.74. The van der Waals surface area contributed by atoms with E-state index in [0.717, 1.165) is 30.7 Å². The Morgan fingerprint density at radius 2 is 1.71 bits per heavy atom. The van der Waals surface area contributed by atoms with Gasteiger partial charge in [0, 0.05) is 11.5 Å². The molecule has 0 bridgehead atoms. The predicted octanol–water partition coefficient (Wildman–Crippen LogP) is 4.95. The zero-order valence-electron chi connectivity index (χ0n) is 10.3. The lowest BCUT2D eigenvalue weighted by Crippen LogP contribution is -2.06. The van der Waals surface area contributed by atoms with Crippen molar-refractivity contribution in [1.82, 2.24) is 9.97 Å². The van der Waals surface area contributed by atoms with Crippen molar-refractivity contribution in [3.63, 3.8) is 0 Å². The quantitative estimate of drug-likeness (QED) is 0.728. The molecular weight excluding hydrogens is 255 g/mol. The first-order valence-corrected chi connectivity index (χ1v) is 7.11. The van der Waals surface area contributed by atoms with Crippen LogP contribution in [0.5, 0.6) is 0 Å². The van der Waals surface area contributed by atoms with Crippen LogP contribution in [0, 0.1) is 0 Å². The molecule has 2 nitrogen and oxygen atoms in total. The molecule has 0 amide bonds. The zero-order chi connectivity index (χ0) is 12.4. The monoisotopic (exact) mass is 272 g/mol. The lowest BCUT2D eigenvalue weighted by molar-refractivity contribution is 0.662. The van der Waals surface area contributed by atoms with Crippen molar-refractivity contribution in [2.75, 3.05) is 0 Å². The summed E-state index contributed by atoms with van der Waals surface area (Å²) in [5.41, 5.74) is 0.970. The molecule has 1 aliphatic rings. The second-order valence-electron chi connectivity index (χ2n) is 4.87. The lowest BCUT2D eigenvalue weighted by atomic mass is 10.0. The smallest absolute Gasteiger partial charge is 0.137 e. The van der Waals surface area contributed by atoms with Crippen LogP contribution < -0.4 is 0 Å². The van der Waals surface area contributed by atoms with Gasteiger partial charge in [0.2, 0.25) is 0 Å². The van der Waals surface area contributed by atoms with Gasteiger partial charge in [-0.2, -0.15) is 0 Å². The molecule has 1 heterocycles. The molecule has 0 aromatic carbocycles. The first-order valence-electron chi connectivity index (χ1n) is 6.36. The predicted molar refractivity (Wildman–Crippen MR) is 72.0 cm³/mol. The van der Waals surface area contributed by atoms with Gasteiger partial charge >= 0.3 is 0 Å². The van der Waals surface area contributed by atoms with Crippen LogP contribution in [0.1, 0.15) is 69.2 Å². The van der Waals surface area contributed by atoms with Crippen molar-refractivity contribution in [3.05, 3.63) is 21.7 Å². The SMILES string of the molecule is CCC(C)c1nc(Cl)c(C2CCCC2)c(Cl)n1. The molecule has 1 unspecified atom stereocenters. The fourth-order valence-electron chi connectivity index (χ4n) is 2.39. The Hall–Kier alpha value is -0.340. The van der Waals surface area contributed by atoms with Crippen LogP contribution in [-0.2, 0) is 0 Å². The van der Waals surface area contributed by atoms with Gasteiger partial charge in [-0.1, -0.05) is 49.9 Å². The van der Waals surface area contributed by atoms with Crippen LogP contribution in [0.3, 0.4) is 0 Å². The first kappa shape index (κ1) is 13.1. The number of aromatic nitrogens is 2. The van der Waals surface area contributed by atoms with Crippen LogP contribution in [0.4, 0.5) is 0 Å². The summed E-state index contributed by atoms with van der Waals surface area (Å²) in [6.45, 7) is 4.21. The van der Waals surface area contributed by atoms with Crippen LogP contribution in [-0.4, -0.2) is 9.97 Å². The van der Waals surface area contributed by atoms with Crippen LogP contribution >= 0.6 is 23.2 Å². The third-order valence-electron chi connectivity index (χ3n) is 3.69. The summed E-state index contributed by atoms with van der Waals surface area (Å²) in [5, 5.41) is 1.12. The average molecular weight is 273 g/mol. The van der Waals surface area contributed by atoms with Crippen LogP contribution in [0.25, 0.3) is 0 Å². The van der Waals surface area contributed by atoms with Gasteiger partial charge in [0.15, 0.2) is 0 Å². The maximum Gasteiger partial charge on any atom is 0.137 e. The van der Waals surface area contributed by atoms with E-state index in [2.05, 4.69) is 23.8 Å². The van der Waals surface area contributed by atoms with E-state index in [1.807, 2.05) is 0 Å². The molecule has 1 atom stereocenters. The largest absolute Gasteiger partial charge is 0.221 e. The third-order valence-corrected chi connectivity index (χ3v) is 4.26. The summed E-state index contributed by atoms with van der Waals surface area (Å²) in [4.78, 5) is 8.84. The summed E-state index contributed by atoms with van der Waals surface area (Å²) < 4.78 is 0. The number of hydrogen-bond donors (Lipinski definition) is 0. The molecule has 1 aromatic rings. The number of rotatable bonds is 3. The van der Waals surface area contributed by atoms with E-state index in [4.69, 9.17) is 23.2 Å². The molecule has 0 saturated heterocycles. The number of nitrogens with zero attached hydrogens (tertiary/aromatic N) is 2. The van der Waals surface area contributed by atoms with E-state index >= 15 is 0 Å². The van der Waals surface area contributed by atoms with E-state index in [1.54, 1.807) is 0 Å². The number of halogens is 2. The van der Waals surface area contributed by atoms with Gasteiger partial charge in [0.1, 0.15) is 16.1 Å². The van der Waals surface area contributed by atoms with Crippen molar-refractivity contribution < 1.29 is 0 Å². The van der Waals surface area contributed by atoms with Gasteiger partial charge in [-0.05, 0) is 25.2 Å². The highest BCUT2D eigenvalue weighted by molar-refractivity contribution is 6.34. The Morgan fingerprint density at radius 3 is 2.18 bits per heavy atom. The zero-order valence-corrected chi connectivity index (χ0v) is 11.9. The topological polar surface area (TPSA) is 25.8 Å². The van der Waals surface area contributed by atoms with Crippen LogP contribution in [0.2, 0.25) is 10.3 Å². The van der Waals surface area contributed by atoms with E-state index in [0.29, 0.717) is 22.1 Å². The highest BCUT2D eigenvalue weighted by Crippen LogP contribution is 2.40. The number of hydrogen-bond acceptors (Lipinski definition) is 2. The van der Waals surface area contributed by atoms with E-state index in [9.17, 15) is 0 Å². The van der Waals surface area contributed by atoms with Crippen molar-refractivity contribution >= 4 is 23.2 Å². The molecule has 1 fully saturated rings. The van der Waals surface area contributed by atoms with Gasteiger partial charge in [-0.25, -0.2) is 9.97 Å². The fourth-order valence-corrected chi connectivity index (χ4v) is 3.10. The molecule has 0 radical (unpaired) electrons. The first-order chi connectivity index (χ1) is 8.13. The standard InChI is InChI=1S/C13H18Cl2N2/c1-3-8(2)13-16-11(14)10(12(15)17-13)9-6-4-5-7-9/h8-9H,3-7H2,1-2H3. The van der Waals surface area contributed by atoms with Gasteiger partial charge < -0.3 is 0 Å². The molecular formula is C13H18Cl2N2. The Balaban J connectivity index is 2.34. The van der Waals surface area contributed by atoms with Crippen LogP contribution in [0.15, 0.2) is 0 Å². The second-order valence-corrected chi connectivity index (χ2v) is 5.58. The normalized spacial score (nSPS) is 18.6. The Labute approximate surface area is 113 Å². The minimum atomic E-state index is 0.308. The molecule has 94 valence electrons. The van der Waals surface area contributed by atoms with Crippen molar-refractivity contribution in [3.8, 4) is 0 Å². The maximum absolute atomic E-state index is 6.28. The van der Waals surface area contributed by atoms with Crippen molar-refractivity contribution in [2.45, 2.75) is 57.8 Å². The molecule has 0 spiro atoms. The summed E-state index contributed by atoms with van der Waals surface area (Å²) in [6, 6.07) is 0. The minimum Gasteiger partial charge on any atom is -0.221 e. The van der Waals surface area contributed by atoms with Gasteiger partial charge in [-0.3, -0.25) is 0 Å². The van der Waals surface area contributed by atoms with E-state index < -0.39 is 0 Å².